The highest BCUT2D eigenvalue weighted by Crippen LogP contribution is 2.27. The molecule has 1 saturated heterocycles. The van der Waals surface area contributed by atoms with Gasteiger partial charge in [0.1, 0.15) is 11.4 Å². The second kappa shape index (κ2) is 6.32. The Morgan fingerprint density at radius 2 is 2.14 bits per heavy atom. The summed E-state index contributed by atoms with van der Waals surface area (Å²) in [6.07, 6.45) is 0.425. The Bertz CT molecular complexity index is 560. The molecule has 6 heteroatoms. The monoisotopic (exact) mass is 328 g/mol. The van der Waals surface area contributed by atoms with Crippen molar-refractivity contribution in [2.75, 3.05) is 25.0 Å². The lowest BCUT2D eigenvalue weighted by Gasteiger charge is -2.28. The van der Waals surface area contributed by atoms with Crippen LogP contribution in [-0.4, -0.2) is 42.8 Å². The standard InChI is InChI=1S/C16H22ClFN2O2/c1-16(2,3)22-15(21)19(4)12-7-8-20(10-12)14-6-5-11(17)9-13(14)18/h5-6,9,12H,7-8,10H2,1-4H3. The molecule has 1 fully saturated rings. The van der Waals surface area contributed by atoms with E-state index in [1.807, 2.05) is 25.7 Å². The van der Waals surface area contributed by atoms with Gasteiger partial charge in [0.2, 0.25) is 0 Å². The van der Waals surface area contributed by atoms with Gasteiger partial charge in [0.05, 0.1) is 11.7 Å². The van der Waals surface area contributed by atoms with E-state index in [0.29, 0.717) is 23.8 Å². The fourth-order valence-corrected chi connectivity index (χ4v) is 2.66. The first kappa shape index (κ1) is 16.9. The summed E-state index contributed by atoms with van der Waals surface area (Å²) in [5.41, 5.74) is -0.00386. The molecule has 4 nitrogen and oxygen atoms in total. The molecule has 1 aromatic carbocycles. The molecular weight excluding hydrogens is 307 g/mol. The first-order valence-corrected chi connectivity index (χ1v) is 7.71. The first-order chi connectivity index (χ1) is 10.2. The number of rotatable bonds is 2. The second-order valence-corrected chi connectivity index (χ2v) is 7.01. The summed E-state index contributed by atoms with van der Waals surface area (Å²) < 4.78 is 19.3. The molecule has 0 radical (unpaired) electrons. The lowest BCUT2D eigenvalue weighted by atomic mass is 10.2. The minimum absolute atomic E-state index is 0.00456. The van der Waals surface area contributed by atoms with Crippen LogP contribution >= 0.6 is 11.6 Å². The summed E-state index contributed by atoms with van der Waals surface area (Å²) >= 11 is 5.78. The number of carbonyl (C=O) groups is 1. The maximum Gasteiger partial charge on any atom is 0.410 e. The van der Waals surface area contributed by atoms with Crippen LogP contribution in [-0.2, 0) is 4.74 Å². The molecule has 1 amide bonds. The van der Waals surface area contributed by atoms with E-state index in [9.17, 15) is 9.18 Å². The summed E-state index contributed by atoms with van der Waals surface area (Å²) in [7, 11) is 1.72. The van der Waals surface area contributed by atoms with E-state index in [2.05, 4.69) is 0 Å². The molecule has 0 aromatic heterocycles. The average molecular weight is 329 g/mol. The smallest absolute Gasteiger partial charge is 0.410 e. The molecule has 1 aliphatic heterocycles. The van der Waals surface area contributed by atoms with Crippen LogP contribution in [0.15, 0.2) is 18.2 Å². The van der Waals surface area contributed by atoms with Crippen LogP contribution in [0.2, 0.25) is 5.02 Å². The minimum Gasteiger partial charge on any atom is -0.444 e. The van der Waals surface area contributed by atoms with Crippen molar-refractivity contribution in [1.82, 2.24) is 4.90 Å². The van der Waals surface area contributed by atoms with Gasteiger partial charge in [-0.05, 0) is 45.4 Å². The van der Waals surface area contributed by atoms with Crippen molar-refractivity contribution in [3.05, 3.63) is 29.0 Å². The maximum absolute atomic E-state index is 14.0. The highest BCUT2D eigenvalue weighted by atomic mass is 35.5. The SMILES string of the molecule is CN(C(=O)OC(C)(C)C)C1CCN(c2ccc(Cl)cc2F)C1. The molecular formula is C16H22ClFN2O2. The summed E-state index contributed by atoms with van der Waals surface area (Å²) in [5, 5.41) is 0.378. The van der Waals surface area contributed by atoms with Crippen molar-refractivity contribution in [3.8, 4) is 0 Å². The van der Waals surface area contributed by atoms with E-state index in [0.717, 1.165) is 6.42 Å². The predicted octanol–water partition coefficient (Wildman–Crippen LogP) is 3.92. The van der Waals surface area contributed by atoms with Crippen molar-refractivity contribution in [3.63, 3.8) is 0 Å². The van der Waals surface area contributed by atoms with Gasteiger partial charge in [-0.3, -0.25) is 0 Å². The topological polar surface area (TPSA) is 32.8 Å². The van der Waals surface area contributed by atoms with Crippen LogP contribution in [0.3, 0.4) is 0 Å². The van der Waals surface area contributed by atoms with Crippen molar-refractivity contribution in [2.45, 2.75) is 38.8 Å². The number of benzene rings is 1. The van der Waals surface area contributed by atoms with Gasteiger partial charge in [-0.1, -0.05) is 11.6 Å². The zero-order chi connectivity index (χ0) is 16.5. The van der Waals surface area contributed by atoms with Gasteiger partial charge >= 0.3 is 6.09 Å². The third-order valence-corrected chi connectivity index (χ3v) is 3.88. The number of nitrogens with zero attached hydrogens (tertiary/aromatic N) is 2. The van der Waals surface area contributed by atoms with Gasteiger partial charge in [-0.25, -0.2) is 9.18 Å². The molecule has 1 aliphatic rings. The van der Waals surface area contributed by atoms with E-state index in [1.165, 1.54) is 6.07 Å². The van der Waals surface area contributed by atoms with Crippen LogP contribution in [0.25, 0.3) is 0 Å². The van der Waals surface area contributed by atoms with E-state index < -0.39 is 5.60 Å². The first-order valence-electron chi connectivity index (χ1n) is 7.33. The Hall–Kier alpha value is -1.49. The number of amides is 1. The number of anilines is 1. The largest absolute Gasteiger partial charge is 0.444 e. The van der Waals surface area contributed by atoms with E-state index >= 15 is 0 Å². The normalized spacial score (nSPS) is 18.5. The summed E-state index contributed by atoms with van der Waals surface area (Å²) in [5.74, 6) is -0.340. The van der Waals surface area contributed by atoms with Crippen LogP contribution in [0.5, 0.6) is 0 Å². The van der Waals surface area contributed by atoms with E-state index in [1.54, 1.807) is 24.1 Å². The summed E-state index contributed by atoms with van der Waals surface area (Å²) in [6.45, 7) is 6.78. The Kier molecular flexibility index (Phi) is 4.85. The molecule has 0 aliphatic carbocycles. The second-order valence-electron chi connectivity index (χ2n) is 6.58. The van der Waals surface area contributed by atoms with Crippen LogP contribution in [0.1, 0.15) is 27.2 Å². The fourth-order valence-electron chi connectivity index (χ4n) is 2.50. The number of hydrogen-bond donors (Lipinski definition) is 0. The van der Waals surface area contributed by atoms with Crippen molar-refractivity contribution < 1.29 is 13.9 Å². The van der Waals surface area contributed by atoms with Crippen molar-refractivity contribution in [2.24, 2.45) is 0 Å². The molecule has 1 unspecified atom stereocenters. The van der Waals surface area contributed by atoms with Gasteiger partial charge in [-0.15, -0.1) is 0 Å². The maximum atomic E-state index is 14.0. The number of ether oxygens (including phenoxy) is 1. The van der Waals surface area contributed by atoms with Crippen LogP contribution in [0.4, 0.5) is 14.9 Å². The van der Waals surface area contributed by atoms with Crippen molar-refractivity contribution in [1.29, 1.82) is 0 Å². The number of hydrogen-bond acceptors (Lipinski definition) is 3. The molecule has 1 heterocycles. The third-order valence-electron chi connectivity index (χ3n) is 3.64. The lowest BCUT2D eigenvalue weighted by molar-refractivity contribution is 0.0238. The van der Waals surface area contributed by atoms with Gasteiger partial charge in [0, 0.05) is 25.2 Å². The molecule has 1 aromatic rings. The third kappa shape index (κ3) is 4.03. The molecule has 0 spiro atoms. The van der Waals surface area contributed by atoms with Crippen LogP contribution < -0.4 is 4.90 Å². The Balaban J connectivity index is 2.01. The number of halogens is 2. The molecule has 122 valence electrons. The molecule has 22 heavy (non-hydrogen) atoms. The molecule has 0 bridgehead atoms. The zero-order valence-electron chi connectivity index (χ0n) is 13.4. The quantitative estimate of drug-likeness (QED) is 0.824. The lowest BCUT2D eigenvalue weighted by Crippen LogP contribution is -2.42. The average Bonchev–Trinajstić information content (AvgIpc) is 2.85. The van der Waals surface area contributed by atoms with Gasteiger partial charge in [0.15, 0.2) is 0 Å². The van der Waals surface area contributed by atoms with Crippen LogP contribution in [0, 0.1) is 5.82 Å². The highest BCUT2D eigenvalue weighted by Gasteiger charge is 2.31. The molecule has 2 rings (SSSR count). The highest BCUT2D eigenvalue weighted by molar-refractivity contribution is 6.30. The molecule has 0 N–H and O–H groups in total. The van der Waals surface area contributed by atoms with Gasteiger partial charge in [-0.2, -0.15) is 0 Å². The zero-order valence-corrected chi connectivity index (χ0v) is 14.2. The van der Waals surface area contributed by atoms with Gasteiger partial charge < -0.3 is 14.5 Å². The Labute approximate surface area is 135 Å². The van der Waals surface area contributed by atoms with Crippen molar-refractivity contribution >= 4 is 23.4 Å². The Morgan fingerprint density at radius 1 is 1.45 bits per heavy atom. The predicted molar refractivity (Wildman–Crippen MR) is 86.0 cm³/mol. The van der Waals surface area contributed by atoms with E-state index in [-0.39, 0.29) is 18.0 Å². The summed E-state index contributed by atoms with van der Waals surface area (Å²) in [4.78, 5) is 15.6. The van der Waals surface area contributed by atoms with E-state index in [4.69, 9.17) is 16.3 Å². The van der Waals surface area contributed by atoms with Gasteiger partial charge in [0.25, 0.3) is 0 Å². The molecule has 1 atom stereocenters. The summed E-state index contributed by atoms with van der Waals surface area (Å²) in [6, 6.07) is 4.66. The fraction of sp³-hybridized carbons (Fsp3) is 0.562. The molecule has 0 saturated carbocycles. The minimum atomic E-state index is -0.522. The Morgan fingerprint density at radius 3 is 2.73 bits per heavy atom. The number of likely N-dealkylation sites (N-methyl/N-ethyl adjacent to an activating group) is 1. The number of carbonyl (C=O) groups excluding carboxylic acids is 1.